The van der Waals surface area contributed by atoms with E-state index >= 15 is 0 Å². The zero-order chi connectivity index (χ0) is 20.7. The Hall–Kier alpha value is -3.68. The molecule has 0 saturated heterocycles. The molecule has 0 saturated carbocycles. The van der Waals surface area contributed by atoms with Gasteiger partial charge >= 0.3 is 5.97 Å². The fourth-order valence-corrected chi connectivity index (χ4v) is 2.49. The van der Waals surface area contributed by atoms with Gasteiger partial charge in [-0.3, -0.25) is 14.4 Å². The van der Waals surface area contributed by atoms with Gasteiger partial charge in [0.25, 0.3) is 0 Å². The number of nitrogens with one attached hydrogen (secondary N) is 2. The van der Waals surface area contributed by atoms with Crippen molar-refractivity contribution in [2.45, 2.75) is 13.8 Å². The molecule has 2 N–H and O–H groups in total. The van der Waals surface area contributed by atoms with Gasteiger partial charge in [-0.2, -0.15) is 0 Å². The van der Waals surface area contributed by atoms with Crippen LogP contribution in [0.25, 0.3) is 0 Å². The van der Waals surface area contributed by atoms with Crippen molar-refractivity contribution in [1.82, 2.24) is 0 Å². The number of hydrogen-bond donors (Lipinski definition) is 2. The van der Waals surface area contributed by atoms with Crippen molar-refractivity contribution in [3.05, 3.63) is 54.1 Å². The minimum atomic E-state index is -0.473. The number of nitrogens with zero attached hydrogens (tertiary/aromatic N) is 1. The number of esters is 1. The average molecular weight is 383 g/mol. The Kier molecular flexibility index (Phi) is 6.86. The van der Waals surface area contributed by atoms with Crippen LogP contribution in [0.3, 0.4) is 0 Å². The van der Waals surface area contributed by atoms with Crippen LogP contribution in [-0.4, -0.2) is 37.3 Å². The van der Waals surface area contributed by atoms with Crippen LogP contribution in [0.1, 0.15) is 24.2 Å². The van der Waals surface area contributed by atoms with Gasteiger partial charge in [-0.1, -0.05) is 6.07 Å². The molecular weight excluding hydrogens is 362 g/mol. The third-order valence-corrected chi connectivity index (χ3v) is 3.75. The van der Waals surface area contributed by atoms with Gasteiger partial charge in [0.15, 0.2) is 0 Å². The third kappa shape index (κ3) is 5.66. The van der Waals surface area contributed by atoms with Gasteiger partial charge in [-0.25, -0.2) is 4.79 Å². The second-order valence-electron chi connectivity index (χ2n) is 5.95. The first-order valence-electron chi connectivity index (χ1n) is 8.44. The smallest absolute Gasteiger partial charge is 0.337 e. The van der Waals surface area contributed by atoms with E-state index in [4.69, 9.17) is 0 Å². The molecule has 2 rings (SSSR count). The zero-order valence-electron chi connectivity index (χ0n) is 15.8. The lowest BCUT2D eigenvalue weighted by molar-refractivity contribution is -0.120. The van der Waals surface area contributed by atoms with E-state index in [1.54, 1.807) is 36.4 Å². The van der Waals surface area contributed by atoms with Crippen LogP contribution in [0.5, 0.6) is 0 Å². The van der Waals surface area contributed by atoms with E-state index < -0.39 is 11.9 Å². The number of rotatable bonds is 6. The van der Waals surface area contributed by atoms with Crippen molar-refractivity contribution >= 4 is 40.8 Å². The summed E-state index contributed by atoms with van der Waals surface area (Å²) in [5.41, 5.74) is 1.85. The molecule has 8 nitrogen and oxygen atoms in total. The quantitative estimate of drug-likeness (QED) is 0.746. The summed E-state index contributed by atoms with van der Waals surface area (Å²) in [6, 6.07) is 12.8. The van der Waals surface area contributed by atoms with Crippen LogP contribution >= 0.6 is 0 Å². The number of anilines is 3. The number of ether oxygens (including phenoxy) is 1. The largest absolute Gasteiger partial charge is 0.465 e. The molecule has 28 heavy (non-hydrogen) atoms. The monoisotopic (exact) mass is 383 g/mol. The van der Waals surface area contributed by atoms with E-state index in [1.807, 2.05) is 0 Å². The van der Waals surface area contributed by atoms with Crippen LogP contribution in [0, 0.1) is 0 Å². The molecule has 2 aromatic rings. The van der Waals surface area contributed by atoms with E-state index in [2.05, 4.69) is 15.4 Å². The van der Waals surface area contributed by atoms with Gasteiger partial charge in [-0.15, -0.1) is 0 Å². The lowest BCUT2D eigenvalue weighted by atomic mass is 10.2. The molecule has 0 bridgehead atoms. The van der Waals surface area contributed by atoms with Gasteiger partial charge < -0.3 is 20.3 Å². The maximum Gasteiger partial charge on any atom is 0.337 e. The Bertz CT molecular complexity index is 893. The first-order chi connectivity index (χ1) is 13.3. The fourth-order valence-electron chi connectivity index (χ4n) is 2.49. The van der Waals surface area contributed by atoms with Crippen LogP contribution < -0.4 is 15.5 Å². The molecule has 0 aliphatic rings. The fraction of sp³-hybridized carbons (Fsp3) is 0.200. The number of methoxy groups -OCH3 is 1. The molecule has 8 heteroatoms. The molecule has 0 spiro atoms. The van der Waals surface area contributed by atoms with Crippen molar-refractivity contribution in [3.63, 3.8) is 0 Å². The minimum absolute atomic E-state index is 0.211. The summed E-state index contributed by atoms with van der Waals surface area (Å²) >= 11 is 0. The highest BCUT2D eigenvalue weighted by Gasteiger charge is 2.17. The number of amides is 3. The molecule has 0 aromatic heterocycles. The first kappa shape index (κ1) is 20.6. The second kappa shape index (κ2) is 9.31. The number of carbonyl (C=O) groups excluding carboxylic acids is 4. The standard InChI is InChI=1S/C20H21N3O5/c1-13(24)21-17-5-4-6-18(11-17)23(14(2)25)12-19(26)22-16-9-7-15(8-10-16)20(27)28-3/h4-11H,12H2,1-3H3,(H,21,24)(H,22,26). The molecule has 0 heterocycles. The van der Waals surface area contributed by atoms with Crippen molar-refractivity contribution in [2.24, 2.45) is 0 Å². The Morgan fingerprint density at radius 1 is 0.929 bits per heavy atom. The molecule has 0 fully saturated rings. The number of hydrogen-bond acceptors (Lipinski definition) is 5. The van der Waals surface area contributed by atoms with Crippen LogP contribution in [0.4, 0.5) is 17.1 Å². The van der Waals surface area contributed by atoms with Gasteiger partial charge in [0.05, 0.1) is 12.7 Å². The van der Waals surface area contributed by atoms with E-state index in [9.17, 15) is 19.2 Å². The van der Waals surface area contributed by atoms with Crippen LogP contribution in [-0.2, 0) is 19.1 Å². The highest BCUT2D eigenvalue weighted by Crippen LogP contribution is 2.20. The van der Waals surface area contributed by atoms with Crippen molar-refractivity contribution in [3.8, 4) is 0 Å². The number of carbonyl (C=O) groups is 4. The molecule has 0 aliphatic carbocycles. The van der Waals surface area contributed by atoms with E-state index in [-0.39, 0.29) is 18.4 Å². The van der Waals surface area contributed by atoms with Gasteiger partial charge in [0.1, 0.15) is 6.54 Å². The van der Waals surface area contributed by atoms with E-state index in [0.717, 1.165) is 0 Å². The normalized spacial score (nSPS) is 9.96. The van der Waals surface area contributed by atoms with Crippen molar-refractivity contribution < 1.29 is 23.9 Å². The van der Waals surface area contributed by atoms with Gasteiger partial charge in [-0.05, 0) is 42.5 Å². The average Bonchev–Trinajstić information content (AvgIpc) is 2.65. The zero-order valence-corrected chi connectivity index (χ0v) is 15.8. The molecule has 0 unspecified atom stereocenters. The summed E-state index contributed by atoms with van der Waals surface area (Å²) in [7, 11) is 1.29. The molecule has 3 amide bonds. The molecule has 0 radical (unpaired) electrons. The maximum atomic E-state index is 12.4. The Labute approximate surface area is 162 Å². The predicted octanol–water partition coefficient (Wildman–Crippen LogP) is 2.42. The summed E-state index contributed by atoms with van der Waals surface area (Å²) in [5.74, 6) is -1.44. The second-order valence-corrected chi connectivity index (χ2v) is 5.95. The third-order valence-electron chi connectivity index (χ3n) is 3.75. The Morgan fingerprint density at radius 2 is 1.61 bits per heavy atom. The van der Waals surface area contributed by atoms with E-state index in [0.29, 0.717) is 22.6 Å². The van der Waals surface area contributed by atoms with Crippen molar-refractivity contribution in [2.75, 3.05) is 29.2 Å². The molecule has 146 valence electrons. The summed E-state index contributed by atoms with van der Waals surface area (Å²) in [5, 5.41) is 5.31. The Morgan fingerprint density at radius 3 is 2.18 bits per heavy atom. The van der Waals surface area contributed by atoms with Crippen molar-refractivity contribution in [1.29, 1.82) is 0 Å². The maximum absolute atomic E-state index is 12.4. The molecule has 0 aliphatic heterocycles. The highest BCUT2D eigenvalue weighted by molar-refractivity contribution is 6.02. The molecule has 0 atom stereocenters. The summed E-state index contributed by atoms with van der Waals surface area (Å²) in [6.45, 7) is 2.52. The number of benzene rings is 2. The van der Waals surface area contributed by atoms with E-state index in [1.165, 1.54) is 38.0 Å². The summed E-state index contributed by atoms with van der Waals surface area (Å²) in [6.07, 6.45) is 0. The lowest BCUT2D eigenvalue weighted by Gasteiger charge is -2.21. The van der Waals surface area contributed by atoms with Crippen LogP contribution in [0.15, 0.2) is 48.5 Å². The SMILES string of the molecule is COC(=O)c1ccc(NC(=O)CN(C(C)=O)c2cccc(NC(C)=O)c2)cc1. The highest BCUT2D eigenvalue weighted by atomic mass is 16.5. The summed E-state index contributed by atoms with van der Waals surface area (Å²) < 4.78 is 4.62. The lowest BCUT2D eigenvalue weighted by Crippen LogP contribution is -2.36. The van der Waals surface area contributed by atoms with Gasteiger partial charge in [0.2, 0.25) is 17.7 Å². The molecule has 2 aromatic carbocycles. The topological polar surface area (TPSA) is 105 Å². The minimum Gasteiger partial charge on any atom is -0.465 e. The summed E-state index contributed by atoms with van der Waals surface area (Å²) in [4.78, 5) is 48.3. The van der Waals surface area contributed by atoms with Gasteiger partial charge in [0, 0.05) is 30.9 Å². The first-order valence-corrected chi connectivity index (χ1v) is 8.44. The van der Waals surface area contributed by atoms with Crippen LogP contribution in [0.2, 0.25) is 0 Å². The Balaban J connectivity index is 2.10. The predicted molar refractivity (Wildman–Crippen MR) is 105 cm³/mol. The molecular formula is C20H21N3O5.